The molecule has 0 heterocycles. The zero-order valence-corrected chi connectivity index (χ0v) is 11.2. The van der Waals surface area contributed by atoms with Gasteiger partial charge in [0.05, 0.1) is 24.5 Å². The van der Waals surface area contributed by atoms with Crippen LogP contribution in [-0.2, 0) is 9.59 Å². The second kappa shape index (κ2) is 5.71. The maximum atomic E-state index is 10.9. The van der Waals surface area contributed by atoms with Gasteiger partial charge in [-0.1, -0.05) is 0 Å². The largest absolute Gasteiger partial charge is 0.397 e. The molecular weight excluding hydrogens is 335 g/mol. The van der Waals surface area contributed by atoms with Crippen molar-refractivity contribution in [2.75, 3.05) is 23.7 Å². The molecule has 0 saturated carbocycles. The zero-order chi connectivity index (χ0) is 13.0. The van der Waals surface area contributed by atoms with E-state index in [9.17, 15) is 9.59 Å². The number of anilines is 2. The number of hydrogen-bond acceptors (Lipinski definition) is 4. The van der Waals surface area contributed by atoms with E-state index in [4.69, 9.17) is 17.2 Å². The van der Waals surface area contributed by atoms with Crippen molar-refractivity contribution in [1.82, 2.24) is 0 Å². The number of nitrogens with zero attached hydrogens (tertiary/aromatic N) is 1. The topological polar surface area (TPSA) is 115 Å². The number of carbonyl (C=O) groups is 2. The third kappa shape index (κ3) is 4.10. The molecule has 92 valence electrons. The highest BCUT2D eigenvalue weighted by Gasteiger charge is 2.14. The van der Waals surface area contributed by atoms with Crippen molar-refractivity contribution in [3.8, 4) is 0 Å². The normalized spacial score (nSPS) is 9.94. The minimum absolute atomic E-state index is 0.103. The number of carbonyl (C=O) groups excluding carboxylic acids is 2. The van der Waals surface area contributed by atoms with Gasteiger partial charge in [-0.05, 0) is 40.8 Å². The molecule has 0 fully saturated rings. The third-order valence-electron chi connectivity index (χ3n) is 2.02. The van der Waals surface area contributed by atoms with E-state index >= 15 is 0 Å². The maximum Gasteiger partial charge on any atom is 0.236 e. The minimum Gasteiger partial charge on any atom is -0.397 e. The standard InChI is InChI=1S/C10H13IN4O2/c11-6-1-2-8(7(12)3-6)15(4-9(13)16)5-10(14)17/h1-3H,4-5,12H2,(H2,13,16)(H2,14,17). The van der Waals surface area contributed by atoms with E-state index in [1.54, 1.807) is 12.1 Å². The van der Waals surface area contributed by atoms with Crippen LogP contribution in [0.5, 0.6) is 0 Å². The fourth-order valence-electron chi connectivity index (χ4n) is 1.42. The van der Waals surface area contributed by atoms with Gasteiger partial charge in [-0.3, -0.25) is 9.59 Å². The molecule has 0 spiro atoms. The second-order valence-corrected chi connectivity index (χ2v) is 4.74. The van der Waals surface area contributed by atoms with Crippen molar-refractivity contribution in [3.05, 3.63) is 21.8 Å². The van der Waals surface area contributed by atoms with Gasteiger partial charge in [0.1, 0.15) is 0 Å². The molecule has 6 N–H and O–H groups in total. The van der Waals surface area contributed by atoms with Gasteiger partial charge in [0.15, 0.2) is 0 Å². The van der Waals surface area contributed by atoms with Crippen LogP contribution in [0.4, 0.5) is 11.4 Å². The van der Waals surface area contributed by atoms with E-state index in [0.29, 0.717) is 11.4 Å². The van der Waals surface area contributed by atoms with Gasteiger partial charge >= 0.3 is 0 Å². The lowest BCUT2D eigenvalue weighted by Crippen LogP contribution is -2.40. The van der Waals surface area contributed by atoms with Crippen molar-refractivity contribution in [3.63, 3.8) is 0 Å². The molecule has 17 heavy (non-hydrogen) atoms. The van der Waals surface area contributed by atoms with Gasteiger partial charge in [0.2, 0.25) is 11.8 Å². The van der Waals surface area contributed by atoms with Crippen LogP contribution in [0.2, 0.25) is 0 Å². The molecule has 1 aromatic carbocycles. The summed E-state index contributed by atoms with van der Waals surface area (Å²) in [5, 5.41) is 0. The van der Waals surface area contributed by atoms with Crippen LogP contribution in [0.3, 0.4) is 0 Å². The lowest BCUT2D eigenvalue weighted by atomic mass is 10.2. The Morgan fingerprint density at radius 2 is 1.71 bits per heavy atom. The molecule has 0 aliphatic heterocycles. The highest BCUT2D eigenvalue weighted by atomic mass is 127. The molecule has 0 unspecified atom stereocenters. The van der Waals surface area contributed by atoms with E-state index in [0.717, 1.165) is 3.57 Å². The molecule has 6 nitrogen and oxygen atoms in total. The van der Waals surface area contributed by atoms with Crippen LogP contribution in [-0.4, -0.2) is 24.9 Å². The summed E-state index contributed by atoms with van der Waals surface area (Å²) in [6.45, 7) is -0.207. The second-order valence-electron chi connectivity index (χ2n) is 3.49. The van der Waals surface area contributed by atoms with Crippen molar-refractivity contribution in [1.29, 1.82) is 0 Å². The van der Waals surface area contributed by atoms with Gasteiger partial charge < -0.3 is 22.1 Å². The Kier molecular flexibility index (Phi) is 4.55. The fraction of sp³-hybridized carbons (Fsp3) is 0.200. The zero-order valence-electron chi connectivity index (χ0n) is 9.02. The Balaban J connectivity index is 3.02. The van der Waals surface area contributed by atoms with Crippen LogP contribution in [0.15, 0.2) is 18.2 Å². The summed E-state index contributed by atoms with van der Waals surface area (Å²) >= 11 is 2.11. The summed E-state index contributed by atoms with van der Waals surface area (Å²) in [6, 6.07) is 5.29. The Morgan fingerprint density at radius 1 is 1.18 bits per heavy atom. The number of primary amides is 2. The number of nitrogen functional groups attached to an aromatic ring is 1. The lowest BCUT2D eigenvalue weighted by Gasteiger charge is -2.23. The first kappa shape index (κ1) is 13.6. The number of halogens is 1. The first-order valence-corrected chi connectivity index (χ1v) is 5.84. The van der Waals surface area contributed by atoms with Gasteiger partial charge in [0, 0.05) is 3.57 Å². The minimum atomic E-state index is -0.552. The highest BCUT2D eigenvalue weighted by molar-refractivity contribution is 14.1. The van der Waals surface area contributed by atoms with Crippen LogP contribution in [0, 0.1) is 3.57 Å². The molecule has 7 heteroatoms. The van der Waals surface area contributed by atoms with Crippen molar-refractivity contribution < 1.29 is 9.59 Å². The van der Waals surface area contributed by atoms with Gasteiger partial charge in [0.25, 0.3) is 0 Å². The van der Waals surface area contributed by atoms with Crippen LogP contribution < -0.4 is 22.1 Å². The highest BCUT2D eigenvalue weighted by Crippen LogP contribution is 2.24. The van der Waals surface area contributed by atoms with Gasteiger partial charge in [-0.25, -0.2) is 0 Å². The predicted molar refractivity (Wildman–Crippen MR) is 74.2 cm³/mol. The number of amides is 2. The van der Waals surface area contributed by atoms with Crippen molar-refractivity contribution in [2.24, 2.45) is 11.5 Å². The molecule has 2 amide bonds. The summed E-state index contributed by atoms with van der Waals surface area (Å²) < 4.78 is 0.960. The van der Waals surface area contributed by atoms with Crippen LogP contribution >= 0.6 is 22.6 Å². The first-order valence-electron chi connectivity index (χ1n) is 4.76. The number of rotatable bonds is 5. The first-order chi connectivity index (χ1) is 7.90. The van der Waals surface area contributed by atoms with E-state index < -0.39 is 11.8 Å². The Morgan fingerprint density at radius 3 is 2.12 bits per heavy atom. The average molecular weight is 348 g/mol. The molecule has 1 rings (SSSR count). The molecule has 0 atom stereocenters. The average Bonchev–Trinajstić information content (AvgIpc) is 2.14. The van der Waals surface area contributed by atoms with E-state index in [1.807, 2.05) is 6.07 Å². The number of hydrogen-bond donors (Lipinski definition) is 3. The number of benzene rings is 1. The lowest BCUT2D eigenvalue weighted by molar-refractivity contribution is -0.117. The molecule has 0 bridgehead atoms. The van der Waals surface area contributed by atoms with Crippen LogP contribution in [0.25, 0.3) is 0 Å². The summed E-state index contributed by atoms with van der Waals surface area (Å²) in [6.07, 6.45) is 0. The Bertz CT molecular complexity index is 434. The predicted octanol–water partition coefficient (Wildman–Crippen LogP) is -0.350. The molecular formula is C10H13IN4O2. The molecule has 0 aromatic heterocycles. The van der Waals surface area contributed by atoms with Crippen LogP contribution in [0.1, 0.15) is 0 Å². The Hall–Kier alpha value is -1.51. The molecule has 1 aromatic rings. The van der Waals surface area contributed by atoms with E-state index in [2.05, 4.69) is 22.6 Å². The summed E-state index contributed by atoms with van der Waals surface area (Å²) in [4.78, 5) is 23.3. The summed E-state index contributed by atoms with van der Waals surface area (Å²) in [7, 11) is 0. The third-order valence-corrected chi connectivity index (χ3v) is 2.69. The van der Waals surface area contributed by atoms with Gasteiger partial charge in [-0.15, -0.1) is 0 Å². The monoisotopic (exact) mass is 348 g/mol. The number of nitrogens with two attached hydrogens (primary N) is 3. The SMILES string of the molecule is NC(=O)CN(CC(N)=O)c1ccc(I)cc1N. The summed E-state index contributed by atoms with van der Waals surface area (Å²) in [5.74, 6) is -1.10. The fourth-order valence-corrected chi connectivity index (χ4v) is 1.93. The van der Waals surface area contributed by atoms with Gasteiger partial charge in [-0.2, -0.15) is 0 Å². The molecule has 0 aliphatic rings. The Labute approximate surface area is 112 Å². The molecule has 0 saturated heterocycles. The van der Waals surface area contributed by atoms with Crippen molar-refractivity contribution >= 4 is 45.8 Å². The quantitative estimate of drug-likeness (QED) is 0.498. The maximum absolute atomic E-state index is 10.9. The van der Waals surface area contributed by atoms with E-state index in [1.165, 1.54) is 4.90 Å². The molecule has 0 radical (unpaired) electrons. The van der Waals surface area contributed by atoms with E-state index in [-0.39, 0.29) is 13.1 Å². The summed E-state index contributed by atoms with van der Waals surface area (Å²) in [5.41, 5.74) is 17.1. The van der Waals surface area contributed by atoms with Crippen molar-refractivity contribution in [2.45, 2.75) is 0 Å². The molecule has 0 aliphatic carbocycles. The smallest absolute Gasteiger partial charge is 0.236 e.